The first kappa shape index (κ1) is 17.0. The molecule has 1 aliphatic rings. The largest absolute Gasteiger partial charge is 0.469 e. The summed E-state index contributed by atoms with van der Waals surface area (Å²) in [5, 5.41) is 3.27. The number of hydrogen-bond acceptors (Lipinski definition) is 5. The lowest BCUT2D eigenvalue weighted by Gasteiger charge is -2.37. The van der Waals surface area contributed by atoms with Gasteiger partial charge >= 0.3 is 11.9 Å². The fraction of sp³-hybridized carbons (Fsp3) is 0.867. The molecule has 0 aromatic carbocycles. The fourth-order valence-corrected chi connectivity index (χ4v) is 2.52. The van der Waals surface area contributed by atoms with E-state index in [9.17, 15) is 9.59 Å². The normalized spacial score (nSPS) is 18.4. The maximum atomic E-state index is 12.5. The molecule has 5 nitrogen and oxygen atoms in total. The Hall–Kier alpha value is -1.10. The molecule has 0 aromatic rings. The molecule has 20 heavy (non-hydrogen) atoms. The topological polar surface area (TPSA) is 64.6 Å². The average Bonchev–Trinajstić information content (AvgIpc) is 2.37. The van der Waals surface area contributed by atoms with Gasteiger partial charge in [0.05, 0.1) is 12.5 Å². The maximum absolute atomic E-state index is 12.5. The minimum atomic E-state index is -0.475. The van der Waals surface area contributed by atoms with Crippen molar-refractivity contribution in [1.29, 1.82) is 0 Å². The van der Waals surface area contributed by atoms with Crippen LogP contribution in [-0.2, 0) is 19.1 Å². The molecule has 0 spiro atoms. The van der Waals surface area contributed by atoms with E-state index < -0.39 is 11.0 Å². The van der Waals surface area contributed by atoms with Crippen molar-refractivity contribution >= 4 is 11.9 Å². The second-order valence-electron chi connectivity index (χ2n) is 6.46. The molecule has 0 radical (unpaired) electrons. The van der Waals surface area contributed by atoms with E-state index in [4.69, 9.17) is 4.74 Å². The molecule has 0 aromatic heterocycles. The van der Waals surface area contributed by atoms with Gasteiger partial charge in [-0.1, -0.05) is 0 Å². The molecule has 1 aliphatic heterocycles. The van der Waals surface area contributed by atoms with E-state index in [-0.39, 0.29) is 11.9 Å². The van der Waals surface area contributed by atoms with Gasteiger partial charge in [0, 0.05) is 6.42 Å². The van der Waals surface area contributed by atoms with Crippen LogP contribution in [0.5, 0.6) is 0 Å². The van der Waals surface area contributed by atoms with Crippen LogP contribution in [0.25, 0.3) is 0 Å². The lowest BCUT2D eigenvalue weighted by Crippen LogP contribution is -2.45. The zero-order chi connectivity index (χ0) is 15.2. The van der Waals surface area contributed by atoms with E-state index in [1.165, 1.54) is 7.11 Å². The van der Waals surface area contributed by atoms with E-state index in [0.29, 0.717) is 19.3 Å². The quantitative estimate of drug-likeness (QED) is 0.783. The molecule has 0 saturated carbocycles. The van der Waals surface area contributed by atoms with Crippen molar-refractivity contribution in [3.8, 4) is 0 Å². The number of esters is 2. The SMILES string of the molecule is COC(=O)CCCC1(C(=O)OC(C)(C)C)CCNCC1. The molecular weight excluding hydrogens is 258 g/mol. The van der Waals surface area contributed by atoms with Crippen LogP contribution < -0.4 is 5.32 Å². The van der Waals surface area contributed by atoms with E-state index in [0.717, 1.165) is 25.9 Å². The number of rotatable bonds is 5. The number of methoxy groups -OCH3 is 1. The molecule has 0 atom stereocenters. The second kappa shape index (κ2) is 7.07. The minimum Gasteiger partial charge on any atom is -0.469 e. The van der Waals surface area contributed by atoms with Crippen molar-refractivity contribution in [3.05, 3.63) is 0 Å². The van der Waals surface area contributed by atoms with Crippen molar-refractivity contribution in [2.75, 3.05) is 20.2 Å². The smallest absolute Gasteiger partial charge is 0.312 e. The summed E-state index contributed by atoms with van der Waals surface area (Å²) in [7, 11) is 1.39. The predicted octanol–water partition coefficient (Wildman–Crippen LogP) is 2.04. The Balaban J connectivity index is 2.66. The molecule has 0 bridgehead atoms. The Morgan fingerprint density at radius 1 is 1.20 bits per heavy atom. The highest BCUT2D eigenvalue weighted by atomic mass is 16.6. The van der Waals surface area contributed by atoms with Gasteiger partial charge in [-0.15, -0.1) is 0 Å². The molecule has 116 valence electrons. The summed E-state index contributed by atoms with van der Waals surface area (Å²) >= 11 is 0. The number of piperidine rings is 1. The zero-order valence-corrected chi connectivity index (χ0v) is 13.1. The maximum Gasteiger partial charge on any atom is 0.312 e. The number of carbonyl (C=O) groups is 2. The van der Waals surface area contributed by atoms with Crippen molar-refractivity contribution in [3.63, 3.8) is 0 Å². The minimum absolute atomic E-state index is 0.128. The fourth-order valence-electron chi connectivity index (χ4n) is 2.52. The molecule has 1 rings (SSSR count). The Morgan fingerprint density at radius 2 is 1.80 bits per heavy atom. The van der Waals surface area contributed by atoms with Gasteiger partial charge in [-0.05, 0) is 59.5 Å². The molecule has 0 amide bonds. The molecule has 1 saturated heterocycles. The van der Waals surface area contributed by atoms with Crippen LogP contribution in [-0.4, -0.2) is 37.7 Å². The predicted molar refractivity (Wildman–Crippen MR) is 76.2 cm³/mol. The molecule has 1 N–H and O–H groups in total. The van der Waals surface area contributed by atoms with Gasteiger partial charge in [-0.3, -0.25) is 9.59 Å². The summed E-state index contributed by atoms with van der Waals surface area (Å²) in [6.07, 6.45) is 3.23. The summed E-state index contributed by atoms with van der Waals surface area (Å²) in [5.41, 5.74) is -0.927. The van der Waals surface area contributed by atoms with Crippen LogP contribution >= 0.6 is 0 Å². The standard InChI is InChI=1S/C15H27NO4/c1-14(2,3)20-13(18)15(8-10-16-11-9-15)7-5-6-12(17)19-4/h16H,5-11H2,1-4H3. The van der Waals surface area contributed by atoms with Crippen molar-refractivity contribution < 1.29 is 19.1 Å². The monoisotopic (exact) mass is 285 g/mol. The number of ether oxygens (including phenoxy) is 2. The third-order valence-corrected chi connectivity index (χ3v) is 3.66. The van der Waals surface area contributed by atoms with Crippen molar-refractivity contribution in [1.82, 2.24) is 5.32 Å². The van der Waals surface area contributed by atoms with Crippen LogP contribution in [0.2, 0.25) is 0 Å². The third kappa shape index (κ3) is 5.12. The number of hydrogen-bond donors (Lipinski definition) is 1. The highest BCUT2D eigenvalue weighted by Crippen LogP contribution is 2.37. The number of nitrogens with one attached hydrogen (secondary N) is 1. The van der Waals surface area contributed by atoms with Gasteiger partial charge in [0.2, 0.25) is 0 Å². The van der Waals surface area contributed by atoms with Crippen molar-refractivity contribution in [2.24, 2.45) is 5.41 Å². The highest BCUT2D eigenvalue weighted by molar-refractivity contribution is 5.77. The first-order valence-corrected chi connectivity index (χ1v) is 7.30. The van der Waals surface area contributed by atoms with Gasteiger partial charge in [0.1, 0.15) is 5.60 Å². The van der Waals surface area contributed by atoms with Crippen LogP contribution in [0.3, 0.4) is 0 Å². The summed E-state index contributed by atoms with van der Waals surface area (Å²) < 4.78 is 10.2. The Bertz CT molecular complexity index is 340. The summed E-state index contributed by atoms with van der Waals surface area (Å²) in [5.74, 6) is -0.352. The molecule has 0 aliphatic carbocycles. The Kier molecular flexibility index (Phi) is 5.99. The summed E-state index contributed by atoms with van der Waals surface area (Å²) in [6, 6.07) is 0. The Labute approximate surface area is 121 Å². The summed E-state index contributed by atoms with van der Waals surface area (Å²) in [6.45, 7) is 7.28. The van der Waals surface area contributed by atoms with Crippen LogP contribution in [0.15, 0.2) is 0 Å². The van der Waals surface area contributed by atoms with Gasteiger partial charge < -0.3 is 14.8 Å². The van der Waals surface area contributed by atoms with E-state index >= 15 is 0 Å². The van der Waals surface area contributed by atoms with Gasteiger partial charge in [-0.2, -0.15) is 0 Å². The molecule has 5 heteroatoms. The number of carbonyl (C=O) groups excluding carboxylic acids is 2. The van der Waals surface area contributed by atoms with Crippen LogP contribution in [0, 0.1) is 5.41 Å². The average molecular weight is 285 g/mol. The van der Waals surface area contributed by atoms with Gasteiger partial charge in [-0.25, -0.2) is 0 Å². The lowest BCUT2D eigenvalue weighted by atomic mass is 9.75. The molecular formula is C15H27NO4. The Morgan fingerprint density at radius 3 is 2.30 bits per heavy atom. The second-order valence-corrected chi connectivity index (χ2v) is 6.46. The van der Waals surface area contributed by atoms with Crippen LogP contribution in [0.1, 0.15) is 52.9 Å². The first-order valence-electron chi connectivity index (χ1n) is 7.30. The van der Waals surface area contributed by atoms with Crippen LogP contribution in [0.4, 0.5) is 0 Å². The molecule has 0 unspecified atom stereocenters. The lowest BCUT2D eigenvalue weighted by molar-refractivity contribution is -0.170. The van der Waals surface area contributed by atoms with E-state index in [2.05, 4.69) is 10.1 Å². The first-order chi connectivity index (χ1) is 9.29. The van der Waals surface area contributed by atoms with Gasteiger partial charge in [0.15, 0.2) is 0 Å². The zero-order valence-electron chi connectivity index (χ0n) is 13.1. The highest BCUT2D eigenvalue weighted by Gasteiger charge is 2.42. The van der Waals surface area contributed by atoms with Gasteiger partial charge in [0.25, 0.3) is 0 Å². The summed E-state index contributed by atoms with van der Waals surface area (Å²) in [4.78, 5) is 23.7. The molecule has 1 heterocycles. The van der Waals surface area contributed by atoms with E-state index in [1.54, 1.807) is 0 Å². The molecule has 1 fully saturated rings. The third-order valence-electron chi connectivity index (χ3n) is 3.66. The van der Waals surface area contributed by atoms with E-state index in [1.807, 2.05) is 20.8 Å². The van der Waals surface area contributed by atoms with Crippen molar-refractivity contribution in [2.45, 2.75) is 58.5 Å².